The molecule has 1 fully saturated rings. The number of carbonyl (C=O) groups is 1. The standard InChI is InChI=1S/C27H38N4O3S2/c1-6-8-12-20(7-2)17-31-26(33)22(36-27(31)35)16-21-23(28-13-10-15-34-18(3)4)29-24-19(5)11-9-14-30(24)25(21)32/h9,11,14,16,18,20,28H,6-8,10,12-13,15,17H2,1-5H3/b22-16-/t20-/m1/s1. The predicted octanol–water partition coefficient (Wildman–Crippen LogP) is 5.65. The normalized spacial score (nSPS) is 16.1. The largest absolute Gasteiger partial charge is 0.379 e. The molecule has 0 bridgehead atoms. The summed E-state index contributed by atoms with van der Waals surface area (Å²) in [6.45, 7) is 12.1. The van der Waals surface area contributed by atoms with Crippen LogP contribution in [-0.2, 0) is 9.53 Å². The van der Waals surface area contributed by atoms with Crippen molar-refractivity contribution in [3.8, 4) is 0 Å². The van der Waals surface area contributed by atoms with Gasteiger partial charge in [0.25, 0.3) is 11.5 Å². The first-order valence-electron chi connectivity index (χ1n) is 12.9. The zero-order valence-corrected chi connectivity index (χ0v) is 23.6. The van der Waals surface area contributed by atoms with Crippen LogP contribution in [0.4, 0.5) is 5.82 Å². The van der Waals surface area contributed by atoms with Crippen molar-refractivity contribution in [3.63, 3.8) is 0 Å². The molecule has 196 valence electrons. The predicted molar refractivity (Wildman–Crippen MR) is 154 cm³/mol. The summed E-state index contributed by atoms with van der Waals surface area (Å²) in [6, 6.07) is 3.75. The third-order valence-corrected chi connectivity index (χ3v) is 7.66. The SMILES string of the molecule is CCCC[C@@H](CC)CN1C(=O)/C(=C/c2c(NCCCOC(C)C)nc3c(C)cccn3c2=O)SC1=S. The van der Waals surface area contributed by atoms with E-state index in [2.05, 4.69) is 19.2 Å². The Balaban J connectivity index is 1.92. The highest BCUT2D eigenvalue weighted by Gasteiger charge is 2.33. The van der Waals surface area contributed by atoms with E-state index >= 15 is 0 Å². The fourth-order valence-corrected chi connectivity index (χ4v) is 5.40. The molecule has 0 aromatic carbocycles. The number of amides is 1. The Bertz CT molecular complexity index is 1180. The molecule has 1 N–H and O–H groups in total. The molecular weight excluding hydrogens is 492 g/mol. The highest BCUT2D eigenvalue weighted by Crippen LogP contribution is 2.34. The number of pyridine rings is 1. The van der Waals surface area contributed by atoms with Gasteiger partial charge < -0.3 is 10.1 Å². The van der Waals surface area contributed by atoms with Crippen molar-refractivity contribution in [3.05, 3.63) is 44.7 Å². The van der Waals surface area contributed by atoms with Gasteiger partial charge in [-0.25, -0.2) is 4.98 Å². The molecule has 2 aromatic heterocycles. The van der Waals surface area contributed by atoms with Crippen LogP contribution < -0.4 is 10.9 Å². The number of carbonyl (C=O) groups excluding carboxylic acids is 1. The maximum atomic E-state index is 13.5. The molecule has 0 saturated carbocycles. The van der Waals surface area contributed by atoms with Gasteiger partial charge in [-0.05, 0) is 57.2 Å². The summed E-state index contributed by atoms with van der Waals surface area (Å²) in [5.74, 6) is 0.747. The fraction of sp³-hybridized carbons (Fsp3) is 0.556. The topological polar surface area (TPSA) is 75.9 Å². The first-order valence-corrected chi connectivity index (χ1v) is 14.1. The molecule has 0 unspecified atom stereocenters. The first kappa shape index (κ1) is 28.3. The number of unbranched alkanes of at least 4 members (excludes halogenated alkanes) is 1. The molecule has 1 atom stereocenters. The van der Waals surface area contributed by atoms with E-state index in [1.807, 2.05) is 32.9 Å². The number of nitrogens with zero attached hydrogens (tertiary/aromatic N) is 3. The van der Waals surface area contributed by atoms with E-state index in [0.717, 1.165) is 37.7 Å². The van der Waals surface area contributed by atoms with E-state index in [1.165, 1.54) is 16.2 Å². The van der Waals surface area contributed by atoms with Crippen molar-refractivity contribution in [2.75, 3.05) is 25.0 Å². The number of aryl methyl sites for hydroxylation is 1. The Morgan fingerprint density at radius 1 is 1.25 bits per heavy atom. The maximum Gasteiger partial charge on any atom is 0.267 e. The lowest BCUT2D eigenvalue weighted by Crippen LogP contribution is -2.33. The molecule has 36 heavy (non-hydrogen) atoms. The molecule has 0 spiro atoms. The number of anilines is 1. The van der Waals surface area contributed by atoms with Crippen LogP contribution in [0.2, 0.25) is 0 Å². The second-order valence-electron chi connectivity index (χ2n) is 9.47. The third kappa shape index (κ3) is 6.95. The first-order chi connectivity index (χ1) is 17.3. The second kappa shape index (κ2) is 13.4. The molecule has 2 aromatic rings. The zero-order valence-electron chi connectivity index (χ0n) is 22.0. The van der Waals surface area contributed by atoms with Crippen molar-refractivity contribution < 1.29 is 9.53 Å². The van der Waals surface area contributed by atoms with Crippen LogP contribution in [0.5, 0.6) is 0 Å². The summed E-state index contributed by atoms with van der Waals surface area (Å²) >= 11 is 6.83. The minimum Gasteiger partial charge on any atom is -0.379 e. The number of fused-ring (bicyclic) bond motifs is 1. The van der Waals surface area contributed by atoms with E-state index < -0.39 is 0 Å². The van der Waals surface area contributed by atoms with Crippen LogP contribution in [0.3, 0.4) is 0 Å². The lowest BCUT2D eigenvalue weighted by Gasteiger charge is -2.21. The van der Waals surface area contributed by atoms with Gasteiger partial charge in [-0.15, -0.1) is 0 Å². The molecule has 1 aliphatic rings. The summed E-state index contributed by atoms with van der Waals surface area (Å²) in [4.78, 5) is 33.8. The van der Waals surface area contributed by atoms with Crippen molar-refractivity contribution in [2.45, 2.75) is 72.8 Å². The quantitative estimate of drug-likeness (QED) is 0.204. The van der Waals surface area contributed by atoms with Gasteiger partial charge in [-0.3, -0.25) is 18.9 Å². The summed E-state index contributed by atoms with van der Waals surface area (Å²) in [5.41, 5.74) is 1.64. The lowest BCUT2D eigenvalue weighted by molar-refractivity contribution is -0.122. The average molecular weight is 531 g/mol. The van der Waals surface area contributed by atoms with Crippen LogP contribution in [-0.4, -0.2) is 50.3 Å². The van der Waals surface area contributed by atoms with E-state index in [4.69, 9.17) is 21.9 Å². The van der Waals surface area contributed by atoms with E-state index in [9.17, 15) is 9.59 Å². The van der Waals surface area contributed by atoms with Crippen molar-refractivity contribution in [1.82, 2.24) is 14.3 Å². The van der Waals surface area contributed by atoms with Gasteiger partial charge in [-0.2, -0.15) is 0 Å². The molecular formula is C27H38N4O3S2. The van der Waals surface area contributed by atoms with Gasteiger partial charge in [0.2, 0.25) is 0 Å². The Morgan fingerprint density at radius 2 is 2.03 bits per heavy atom. The Labute approximate surface area is 223 Å². The minimum absolute atomic E-state index is 0.134. The molecule has 0 aliphatic carbocycles. The summed E-state index contributed by atoms with van der Waals surface area (Å²) in [7, 11) is 0. The van der Waals surface area contributed by atoms with Crippen LogP contribution in [0.25, 0.3) is 11.7 Å². The number of hydrogen-bond acceptors (Lipinski definition) is 7. The average Bonchev–Trinajstić information content (AvgIpc) is 3.11. The third-order valence-electron chi connectivity index (χ3n) is 6.28. The van der Waals surface area contributed by atoms with E-state index in [-0.39, 0.29) is 17.6 Å². The van der Waals surface area contributed by atoms with Crippen molar-refractivity contribution in [2.24, 2.45) is 5.92 Å². The number of thiocarbonyl (C=S) groups is 1. The van der Waals surface area contributed by atoms with E-state index in [0.29, 0.717) is 51.9 Å². The molecule has 7 nitrogen and oxygen atoms in total. The number of thioether (sulfide) groups is 1. The van der Waals surface area contributed by atoms with Gasteiger partial charge in [0, 0.05) is 25.9 Å². The zero-order chi connectivity index (χ0) is 26.2. The molecule has 1 amide bonds. The maximum absolute atomic E-state index is 13.5. The second-order valence-corrected chi connectivity index (χ2v) is 11.1. The van der Waals surface area contributed by atoms with Crippen molar-refractivity contribution >= 4 is 51.7 Å². The van der Waals surface area contributed by atoms with Crippen molar-refractivity contribution in [1.29, 1.82) is 0 Å². The monoisotopic (exact) mass is 530 g/mol. The molecule has 9 heteroatoms. The number of aromatic nitrogens is 2. The van der Waals surface area contributed by atoms with Crippen LogP contribution >= 0.6 is 24.0 Å². The molecule has 3 heterocycles. The van der Waals surface area contributed by atoms with Gasteiger partial charge in [0.1, 0.15) is 15.8 Å². The molecule has 3 rings (SSSR count). The smallest absolute Gasteiger partial charge is 0.267 e. The van der Waals surface area contributed by atoms with Crippen LogP contribution in [0, 0.1) is 12.8 Å². The van der Waals surface area contributed by atoms with Gasteiger partial charge in [-0.1, -0.05) is 63.2 Å². The highest BCUT2D eigenvalue weighted by atomic mass is 32.2. The van der Waals surface area contributed by atoms with Gasteiger partial charge in [0.15, 0.2) is 0 Å². The fourth-order valence-electron chi connectivity index (χ4n) is 4.14. The Hall–Kier alpha value is -2.23. The summed E-state index contributed by atoms with van der Waals surface area (Å²) in [5, 5.41) is 3.31. The number of nitrogens with one attached hydrogen (secondary N) is 1. The molecule has 1 saturated heterocycles. The molecule has 1 aliphatic heterocycles. The number of hydrogen-bond donors (Lipinski definition) is 1. The Morgan fingerprint density at radius 3 is 2.72 bits per heavy atom. The van der Waals surface area contributed by atoms with Crippen LogP contribution in [0.1, 0.15) is 70.9 Å². The van der Waals surface area contributed by atoms with Crippen LogP contribution in [0.15, 0.2) is 28.0 Å². The van der Waals surface area contributed by atoms with Gasteiger partial charge >= 0.3 is 0 Å². The number of ether oxygens (including phenoxy) is 1. The number of rotatable bonds is 13. The Kier molecular flexibility index (Phi) is 10.5. The summed E-state index contributed by atoms with van der Waals surface area (Å²) in [6.07, 6.45) is 8.65. The van der Waals surface area contributed by atoms with Gasteiger partial charge in [0.05, 0.1) is 16.6 Å². The molecule has 0 radical (unpaired) electrons. The summed E-state index contributed by atoms with van der Waals surface area (Å²) < 4.78 is 7.71. The lowest BCUT2D eigenvalue weighted by atomic mass is 9.99. The minimum atomic E-state index is -0.218. The highest BCUT2D eigenvalue weighted by molar-refractivity contribution is 8.26. The van der Waals surface area contributed by atoms with E-state index in [1.54, 1.807) is 17.2 Å².